The molecule has 1 aromatic heterocycles. The Morgan fingerprint density at radius 1 is 0.784 bits per heavy atom. The minimum atomic E-state index is -0.858. The molecule has 3 aromatic rings. The maximum absolute atomic E-state index is 13.1. The Kier molecular flexibility index (Phi) is 10.9. The van der Waals surface area contributed by atoms with Crippen LogP contribution in [0.1, 0.15) is 33.7 Å². The number of phenols is 2. The van der Waals surface area contributed by atoms with E-state index in [1.807, 2.05) is 0 Å². The second kappa shape index (κ2) is 14.4. The van der Waals surface area contributed by atoms with Crippen LogP contribution in [0.15, 0.2) is 60.7 Å². The summed E-state index contributed by atoms with van der Waals surface area (Å²) in [5.41, 5.74) is 13.3. The van der Waals surface area contributed by atoms with Gasteiger partial charge in [-0.1, -0.05) is 24.3 Å². The van der Waals surface area contributed by atoms with E-state index < -0.39 is 18.0 Å². The Labute approximate surface area is 221 Å². The highest BCUT2D eigenvalue weighted by atomic mass is 32.1. The predicted octanol–water partition coefficient (Wildman–Crippen LogP) is 2.40. The van der Waals surface area contributed by atoms with Crippen molar-refractivity contribution in [1.82, 2.24) is 10.6 Å². The molecule has 0 aliphatic carbocycles. The van der Waals surface area contributed by atoms with Gasteiger partial charge in [0.05, 0.1) is 6.04 Å². The SMILES string of the molecule is NCCCCc1ccc(CCNC(=O)[C@H](Cc2ccc(O)cc2)NC(=O)[C@@H](N)Cc2ccc(O)cc2)s1. The summed E-state index contributed by atoms with van der Waals surface area (Å²) in [7, 11) is 0. The molecule has 0 aliphatic rings. The van der Waals surface area contributed by atoms with Gasteiger partial charge in [0.1, 0.15) is 17.5 Å². The fourth-order valence-corrected chi connectivity index (χ4v) is 4.96. The average Bonchev–Trinajstić information content (AvgIpc) is 3.33. The zero-order valence-corrected chi connectivity index (χ0v) is 21.7. The van der Waals surface area contributed by atoms with Crippen molar-refractivity contribution in [3.8, 4) is 11.5 Å². The van der Waals surface area contributed by atoms with Crippen molar-refractivity contribution >= 4 is 23.2 Å². The molecule has 2 aromatic carbocycles. The fraction of sp³-hybridized carbons (Fsp3) is 0.357. The highest BCUT2D eigenvalue weighted by Gasteiger charge is 2.24. The number of hydrogen-bond donors (Lipinski definition) is 6. The molecular formula is C28H36N4O4S. The third-order valence-corrected chi connectivity index (χ3v) is 7.21. The minimum Gasteiger partial charge on any atom is -0.508 e. The fourth-order valence-electron chi connectivity index (χ4n) is 3.90. The van der Waals surface area contributed by atoms with E-state index in [9.17, 15) is 19.8 Å². The second-order valence-electron chi connectivity index (χ2n) is 9.06. The smallest absolute Gasteiger partial charge is 0.242 e. The number of benzene rings is 2. The zero-order chi connectivity index (χ0) is 26.6. The molecule has 0 unspecified atom stereocenters. The molecule has 198 valence electrons. The predicted molar refractivity (Wildman–Crippen MR) is 147 cm³/mol. The molecule has 9 heteroatoms. The summed E-state index contributed by atoms with van der Waals surface area (Å²) >= 11 is 1.75. The molecule has 3 rings (SSSR count). The van der Waals surface area contributed by atoms with Crippen molar-refractivity contribution in [3.63, 3.8) is 0 Å². The maximum atomic E-state index is 13.1. The van der Waals surface area contributed by atoms with Crippen LogP contribution in [0.4, 0.5) is 0 Å². The van der Waals surface area contributed by atoms with Gasteiger partial charge in [-0.05, 0) is 86.2 Å². The van der Waals surface area contributed by atoms with Crippen LogP contribution in [0.2, 0.25) is 0 Å². The number of nitrogens with two attached hydrogens (primary N) is 2. The van der Waals surface area contributed by atoms with Crippen molar-refractivity contribution in [2.75, 3.05) is 13.1 Å². The van der Waals surface area contributed by atoms with E-state index in [1.54, 1.807) is 47.7 Å². The van der Waals surface area contributed by atoms with Gasteiger partial charge < -0.3 is 32.3 Å². The molecule has 8 N–H and O–H groups in total. The summed E-state index contributed by atoms with van der Waals surface area (Å²) in [6.45, 7) is 1.15. The number of rotatable bonds is 14. The van der Waals surface area contributed by atoms with E-state index in [4.69, 9.17) is 11.5 Å². The molecular weight excluding hydrogens is 488 g/mol. The Morgan fingerprint density at radius 2 is 1.35 bits per heavy atom. The van der Waals surface area contributed by atoms with Gasteiger partial charge in [0.25, 0.3) is 0 Å². The van der Waals surface area contributed by atoms with E-state index >= 15 is 0 Å². The Hall–Kier alpha value is -3.40. The molecule has 0 saturated heterocycles. The van der Waals surface area contributed by atoms with Gasteiger partial charge in [-0.2, -0.15) is 0 Å². The number of unbranched alkanes of at least 4 members (excludes halogenated alkanes) is 1. The number of amides is 2. The molecule has 0 fully saturated rings. The van der Waals surface area contributed by atoms with Crippen LogP contribution in [0, 0.1) is 0 Å². The van der Waals surface area contributed by atoms with Gasteiger partial charge in [-0.15, -0.1) is 11.3 Å². The highest BCUT2D eigenvalue weighted by Crippen LogP contribution is 2.19. The van der Waals surface area contributed by atoms with E-state index in [0.717, 1.165) is 30.4 Å². The van der Waals surface area contributed by atoms with Crippen LogP contribution >= 0.6 is 11.3 Å². The van der Waals surface area contributed by atoms with Gasteiger partial charge in [0.2, 0.25) is 11.8 Å². The summed E-state index contributed by atoms with van der Waals surface area (Å²) in [5, 5.41) is 24.8. The van der Waals surface area contributed by atoms with E-state index in [1.165, 1.54) is 21.9 Å². The average molecular weight is 525 g/mol. The standard InChI is InChI=1S/C28H36N4O4S/c29-15-2-1-3-23-12-13-24(37-23)14-16-31-28(36)26(18-20-6-10-22(34)11-7-20)32-27(35)25(30)17-19-4-8-21(33)9-5-19/h4-13,25-26,33-34H,1-3,14-18,29-30H2,(H,31,36)(H,32,35)/t25-,26-/m0/s1. The Morgan fingerprint density at radius 3 is 1.95 bits per heavy atom. The lowest BCUT2D eigenvalue weighted by molar-refractivity contribution is -0.129. The quantitative estimate of drug-likeness (QED) is 0.178. The summed E-state index contributed by atoms with van der Waals surface area (Å²) < 4.78 is 0. The van der Waals surface area contributed by atoms with Crippen LogP contribution in [0.3, 0.4) is 0 Å². The monoisotopic (exact) mass is 524 g/mol. The minimum absolute atomic E-state index is 0.128. The molecule has 2 atom stereocenters. The molecule has 0 aliphatic heterocycles. The van der Waals surface area contributed by atoms with Crippen LogP contribution < -0.4 is 22.1 Å². The Bertz CT molecular complexity index is 1130. The van der Waals surface area contributed by atoms with Crippen molar-refractivity contribution in [1.29, 1.82) is 0 Å². The van der Waals surface area contributed by atoms with Crippen molar-refractivity contribution < 1.29 is 19.8 Å². The summed E-state index contributed by atoms with van der Waals surface area (Å²) in [6, 6.07) is 15.6. The van der Waals surface area contributed by atoms with Crippen LogP contribution in [0.25, 0.3) is 0 Å². The number of carbonyl (C=O) groups is 2. The van der Waals surface area contributed by atoms with Crippen LogP contribution in [0.5, 0.6) is 11.5 Å². The van der Waals surface area contributed by atoms with Gasteiger partial charge >= 0.3 is 0 Å². The zero-order valence-electron chi connectivity index (χ0n) is 20.9. The summed E-state index contributed by atoms with van der Waals surface area (Å²) in [6.07, 6.45) is 4.32. The summed E-state index contributed by atoms with van der Waals surface area (Å²) in [5.74, 6) is -0.466. The number of phenolic OH excluding ortho intramolecular Hbond substituents is 2. The lowest BCUT2D eigenvalue weighted by Crippen LogP contribution is -2.53. The van der Waals surface area contributed by atoms with E-state index in [2.05, 4.69) is 22.8 Å². The van der Waals surface area contributed by atoms with Gasteiger partial charge in [0, 0.05) is 22.7 Å². The largest absolute Gasteiger partial charge is 0.508 e. The number of hydrogen-bond acceptors (Lipinski definition) is 7. The lowest BCUT2D eigenvalue weighted by Gasteiger charge is -2.21. The third kappa shape index (κ3) is 9.53. The van der Waals surface area contributed by atoms with Crippen LogP contribution in [-0.2, 0) is 35.3 Å². The second-order valence-corrected chi connectivity index (χ2v) is 10.3. The first-order valence-corrected chi connectivity index (χ1v) is 13.3. The molecule has 8 nitrogen and oxygen atoms in total. The molecule has 0 bridgehead atoms. The first-order valence-electron chi connectivity index (χ1n) is 12.5. The van der Waals surface area contributed by atoms with Gasteiger partial charge in [0.15, 0.2) is 0 Å². The number of aromatic hydroxyl groups is 2. The highest BCUT2D eigenvalue weighted by molar-refractivity contribution is 7.12. The molecule has 0 radical (unpaired) electrons. The first-order chi connectivity index (χ1) is 17.8. The molecule has 2 amide bonds. The topological polar surface area (TPSA) is 151 Å². The third-order valence-electron chi connectivity index (χ3n) is 6.00. The molecule has 1 heterocycles. The maximum Gasteiger partial charge on any atom is 0.242 e. The van der Waals surface area contributed by atoms with Gasteiger partial charge in [-0.3, -0.25) is 9.59 Å². The number of carbonyl (C=O) groups excluding carboxylic acids is 2. The molecule has 0 spiro atoms. The van der Waals surface area contributed by atoms with Crippen LogP contribution in [-0.4, -0.2) is 47.2 Å². The van der Waals surface area contributed by atoms with Crippen molar-refractivity contribution in [3.05, 3.63) is 81.5 Å². The molecule has 37 heavy (non-hydrogen) atoms. The molecule has 0 saturated carbocycles. The number of nitrogens with one attached hydrogen (secondary N) is 2. The normalized spacial score (nSPS) is 12.6. The lowest BCUT2D eigenvalue weighted by atomic mass is 10.0. The van der Waals surface area contributed by atoms with Crippen molar-refractivity contribution in [2.24, 2.45) is 11.5 Å². The van der Waals surface area contributed by atoms with Crippen molar-refractivity contribution in [2.45, 2.75) is 50.6 Å². The Balaban J connectivity index is 1.58. The first kappa shape index (κ1) is 28.2. The van der Waals surface area contributed by atoms with Gasteiger partial charge in [-0.25, -0.2) is 0 Å². The van der Waals surface area contributed by atoms with E-state index in [0.29, 0.717) is 19.5 Å². The number of aryl methyl sites for hydroxylation is 1. The van der Waals surface area contributed by atoms with E-state index in [-0.39, 0.29) is 30.2 Å². The summed E-state index contributed by atoms with van der Waals surface area (Å²) in [4.78, 5) is 28.5. The number of thiophene rings is 1.